The number of H-pyrrole nitrogens is 2. The van der Waals surface area contributed by atoms with Crippen LogP contribution in [0.4, 0.5) is 9.59 Å². The van der Waals surface area contributed by atoms with Gasteiger partial charge in [0.2, 0.25) is 11.8 Å². The van der Waals surface area contributed by atoms with Crippen LogP contribution in [0.2, 0.25) is 0 Å². The molecule has 4 N–H and O–H groups in total. The van der Waals surface area contributed by atoms with Crippen molar-refractivity contribution in [2.24, 2.45) is 11.8 Å². The van der Waals surface area contributed by atoms with Crippen LogP contribution in [0.5, 0.6) is 0 Å². The van der Waals surface area contributed by atoms with Crippen molar-refractivity contribution in [2.75, 3.05) is 27.3 Å². The molecule has 3 aliphatic rings. The lowest BCUT2D eigenvalue weighted by Gasteiger charge is -2.30. The molecule has 4 amide bonds. The number of amides is 4. The molecular weight excluding hydrogens is 725 g/mol. The average Bonchev–Trinajstić information content (AvgIpc) is 3.64. The summed E-state index contributed by atoms with van der Waals surface area (Å²) < 4.78 is 9.55. The first-order valence-corrected chi connectivity index (χ1v) is 20.0. The lowest BCUT2D eigenvalue weighted by atomic mass is 10.0. The molecule has 1 saturated carbocycles. The van der Waals surface area contributed by atoms with Crippen LogP contribution in [0.15, 0.2) is 42.6 Å². The fourth-order valence-electron chi connectivity index (χ4n) is 7.98. The second-order valence-corrected chi connectivity index (χ2v) is 16.0. The summed E-state index contributed by atoms with van der Waals surface area (Å²) in [6.45, 7) is 8.80. The Balaban J connectivity index is 1.07. The quantitative estimate of drug-likeness (QED) is 0.136. The third kappa shape index (κ3) is 8.48. The number of hydrogen-bond donors (Lipinski definition) is 4. The topological polar surface area (TPSA) is 175 Å². The second-order valence-electron chi connectivity index (χ2n) is 16.0. The number of likely N-dealkylation sites (tertiary alicyclic amines) is 2. The highest BCUT2D eigenvalue weighted by Crippen LogP contribution is 2.42. The van der Waals surface area contributed by atoms with E-state index in [2.05, 4.69) is 62.8 Å². The van der Waals surface area contributed by atoms with Gasteiger partial charge < -0.3 is 39.9 Å². The van der Waals surface area contributed by atoms with Crippen molar-refractivity contribution in [3.8, 4) is 23.1 Å². The number of nitrogens with zero attached hydrogens (tertiary/aromatic N) is 4. The zero-order valence-electron chi connectivity index (χ0n) is 33.5. The molecule has 4 heterocycles. The maximum Gasteiger partial charge on any atom is 0.407 e. The molecule has 0 radical (unpaired) electrons. The van der Waals surface area contributed by atoms with Crippen LogP contribution in [0.3, 0.4) is 0 Å². The number of alkyl carbamates (subject to hydrolysis) is 2. The van der Waals surface area contributed by atoms with Crippen molar-refractivity contribution in [3.05, 3.63) is 71.2 Å². The standard InChI is InChI=1S/C43H52N8O6/c1-24(2)35(48-42(54)56-5)40(52)50-19-7-9-33(50)38-44-23-32(46-38)30-17-16-28-21-26(11-13-29(28)22-30)12-18-31-37(27-14-15-27)47-39(45-31)34-10-8-20-51(34)41(53)36(25(3)4)49-43(55)57-6/h11,13,16-17,21-25,27,33-36H,7-10,14-15,19-20H2,1-6H3,(H,44,46)(H,45,47)(H,48,54)(H,49,55)/t33-,34-,35-,36-/m0/s1. The Labute approximate surface area is 332 Å². The minimum atomic E-state index is -0.696. The van der Waals surface area contributed by atoms with Crippen molar-refractivity contribution >= 4 is 34.8 Å². The number of aromatic amines is 2. The number of benzene rings is 2. The SMILES string of the molecule is COC(=O)N[C@H](C(=O)N1CCC[C@H]1c1ncc(-c2ccc3cc(C#Cc4[nH]c([C@@H]5CCCN5C(=O)[C@@H](NC(=O)OC)C(C)C)nc4C4CC4)ccc3c2)[nH]1)C(C)C. The highest BCUT2D eigenvalue weighted by Gasteiger charge is 2.40. The van der Waals surface area contributed by atoms with Crippen molar-refractivity contribution in [3.63, 3.8) is 0 Å². The predicted molar refractivity (Wildman–Crippen MR) is 214 cm³/mol. The van der Waals surface area contributed by atoms with Gasteiger partial charge in [0.15, 0.2) is 0 Å². The summed E-state index contributed by atoms with van der Waals surface area (Å²) in [5.74, 6) is 8.03. The molecule has 2 aromatic heterocycles. The molecule has 0 bridgehead atoms. The first-order valence-electron chi connectivity index (χ1n) is 20.0. The second kappa shape index (κ2) is 16.7. The zero-order chi connectivity index (χ0) is 40.4. The highest BCUT2D eigenvalue weighted by atomic mass is 16.5. The van der Waals surface area contributed by atoms with Crippen LogP contribution < -0.4 is 10.6 Å². The molecule has 14 heteroatoms. The molecule has 2 saturated heterocycles. The minimum Gasteiger partial charge on any atom is -0.453 e. The lowest BCUT2D eigenvalue weighted by molar-refractivity contribution is -0.136. The van der Waals surface area contributed by atoms with Gasteiger partial charge in [-0.1, -0.05) is 51.8 Å². The van der Waals surface area contributed by atoms with Gasteiger partial charge in [0.25, 0.3) is 0 Å². The predicted octanol–water partition coefficient (Wildman–Crippen LogP) is 6.32. The number of carbonyl (C=O) groups is 4. The van der Waals surface area contributed by atoms with Crippen molar-refractivity contribution in [2.45, 2.75) is 96.3 Å². The number of rotatable bonds is 10. The molecule has 14 nitrogen and oxygen atoms in total. The van der Waals surface area contributed by atoms with Gasteiger partial charge in [0, 0.05) is 30.1 Å². The molecule has 7 rings (SSSR count). The number of imidazole rings is 2. The smallest absolute Gasteiger partial charge is 0.407 e. The van der Waals surface area contributed by atoms with Gasteiger partial charge in [0.05, 0.1) is 43.9 Å². The van der Waals surface area contributed by atoms with Gasteiger partial charge in [-0.2, -0.15) is 0 Å². The van der Waals surface area contributed by atoms with Crippen LogP contribution in [0.1, 0.15) is 113 Å². The molecule has 4 aromatic rings. The fourth-order valence-corrected chi connectivity index (χ4v) is 7.98. The summed E-state index contributed by atoms with van der Waals surface area (Å²) in [5, 5.41) is 7.51. The summed E-state index contributed by atoms with van der Waals surface area (Å²) >= 11 is 0. The summed E-state index contributed by atoms with van der Waals surface area (Å²) in [7, 11) is 2.58. The van der Waals surface area contributed by atoms with E-state index in [1.165, 1.54) is 14.2 Å². The van der Waals surface area contributed by atoms with Gasteiger partial charge in [0.1, 0.15) is 29.4 Å². The maximum atomic E-state index is 13.7. The minimum absolute atomic E-state index is 0.109. The molecule has 4 atom stereocenters. The summed E-state index contributed by atoms with van der Waals surface area (Å²) in [4.78, 5) is 71.6. The van der Waals surface area contributed by atoms with E-state index in [1.54, 1.807) is 0 Å². The Morgan fingerprint density at radius 2 is 1.33 bits per heavy atom. The van der Waals surface area contributed by atoms with E-state index in [9.17, 15) is 19.2 Å². The summed E-state index contributed by atoms with van der Waals surface area (Å²) in [5.41, 5.74) is 4.44. The van der Waals surface area contributed by atoms with E-state index in [4.69, 9.17) is 19.4 Å². The molecule has 2 aromatic carbocycles. The molecule has 300 valence electrons. The van der Waals surface area contributed by atoms with Gasteiger partial charge in [-0.25, -0.2) is 19.6 Å². The van der Waals surface area contributed by atoms with Gasteiger partial charge in [-0.05, 0) is 85.3 Å². The molecule has 57 heavy (non-hydrogen) atoms. The zero-order valence-corrected chi connectivity index (χ0v) is 33.5. The van der Waals surface area contributed by atoms with Gasteiger partial charge >= 0.3 is 12.2 Å². The van der Waals surface area contributed by atoms with E-state index in [0.717, 1.165) is 89.2 Å². The molecule has 3 fully saturated rings. The summed E-state index contributed by atoms with van der Waals surface area (Å²) in [6, 6.07) is 10.6. The Morgan fingerprint density at radius 3 is 1.91 bits per heavy atom. The first kappa shape index (κ1) is 39.4. The van der Waals surface area contributed by atoms with Crippen molar-refractivity contribution < 1.29 is 28.7 Å². The van der Waals surface area contributed by atoms with E-state index in [0.29, 0.717) is 19.0 Å². The number of carbonyl (C=O) groups excluding carboxylic acids is 4. The van der Waals surface area contributed by atoms with E-state index >= 15 is 0 Å². The number of hydrogen-bond acceptors (Lipinski definition) is 8. The van der Waals surface area contributed by atoms with E-state index < -0.39 is 24.3 Å². The molecular formula is C43H52N8O6. The Morgan fingerprint density at radius 1 is 0.754 bits per heavy atom. The third-order valence-electron chi connectivity index (χ3n) is 11.3. The maximum absolute atomic E-state index is 13.7. The monoisotopic (exact) mass is 776 g/mol. The Bertz CT molecular complexity index is 2210. The average molecular weight is 777 g/mol. The molecule has 2 aliphatic heterocycles. The molecule has 0 spiro atoms. The van der Waals surface area contributed by atoms with E-state index in [-0.39, 0.29) is 35.7 Å². The van der Waals surface area contributed by atoms with Crippen LogP contribution in [0, 0.1) is 23.7 Å². The van der Waals surface area contributed by atoms with Crippen molar-refractivity contribution in [1.82, 2.24) is 40.4 Å². The number of aromatic nitrogens is 4. The van der Waals surface area contributed by atoms with Gasteiger partial charge in [-0.3, -0.25) is 9.59 Å². The largest absolute Gasteiger partial charge is 0.453 e. The fraction of sp³-hybridized carbons (Fsp3) is 0.488. The Hall–Kier alpha value is -5.84. The molecule has 1 aliphatic carbocycles. The number of ether oxygens (including phenoxy) is 2. The lowest BCUT2D eigenvalue weighted by Crippen LogP contribution is -2.51. The number of fused-ring (bicyclic) bond motifs is 1. The first-order chi connectivity index (χ1) is 27.4. The van der Waals surface area contributed by atoms with Crippen molar-refractivity contribution in [1.29, 1.82) is 0 Å². The van der Waals surface area contributed by atoms with Gasteiger partial charge in [-0.15, -0.1) is 0 Å². The summed E-state index contributed by atoms with van der Waals surface area (Å²) in [6.07, 6.45) is 5.92. The third-order valence-corrected chi connectivity index (χ3v) is 11.3. The highest BCUT2D eigenvalue weighted by molar-refractivity contribution is 5.89. The van der Waals surface area contributed by atoms with Crippen LogP contribution in [-0.2, 0) is 19.1 Å². The van der Waals surface area contributed by atoms with Crippen LogP contribution in [0.25, 0.3) is 22.0 Å². The number of nitrogens with one attached hydrogen (secondary N) is 4. The normalized spacial score (nSPS) is 19.0. The molecule has 0 unspecified atom stereocenters. The van der Waals surface area contributed by atoms with E-state index in [1.807, 2.05) is 49.8 Å². The van der Waals surface area contributed by atoms with Crippen LogP contribution >= 0.6 is 0 Å². The van der Waals surface area contributed by atoms with Crippen LogP contribution in [-0.4, -0.2) is 93.1 Å². The Kier molecular flexibility index (Phi) is 11.6. The number of methoxy groups -OCH3 is 2.